The van der Waals surface area contributed by atoms with Gasteiger partial charge in [0.2, 0.25) is 0 Å². The van der Waals surface area contributed by atoms with E-state index in [4.69, 9.17) is 21.1 Å². The zero-order valence-corrected chi connectivity index (χ0v) is 12.6. The summed E-state index contributed by atoms with van der Waals surface area (Å²) in [6.45, 7) is 0.409. The predicted molar refractivity (Wildman–Crippen MR) is 84.0 cm³/mol. The maximum Gasteiger partial charge on any atom is 0.124 e. The van der Waals surface area contributed by atoms with Gasteiger partial charge in [0.25, 0.3) is 0 Å². The first kappa shape index (κ1) is 15.2. The number of halogens is 1. The minimum absolute atomic E-state index is 0.140. The van der Waals surface area contributed by atoms with E-state index in [1.165, 1.54) is 6.07 Å². The number of hydrogen-bond donors (Lipinski definition) is 1. The molecule has 21 heavy (non-hydrogen) atoms. The number of methoxy groups -OCH3 is 2. The largest absolute Gasteiger partial charge is 0.507 e. The van der Waals surface area contributed by atoms with E-state index in [0.717, 1.165) is 17.1 Å². The highest BCUT2D eigenvalue weighted by Crippen LogP contribution is 2.25. The number of nitrogens with zero attached hydrogens (tertiary/aromatic N) is 1. The van der Waals surface area contributed by atoms with Gasteiger partial charge in [0.15, 0.2) is 0 Å². The highest BCUT2D eigenvalue weighted by molar-refractivity contribution is 6.30. The Labute approximate surface area is 128 Å². The van der Waals surface area contributed by atoms with E-state index in [1.54, 1.807) is 32.6 Å². The molecule has 2 rings (SSSR count). The van der Waals surface area contributed by atoms with Gasteiger partial charge in [-0.15, -0.1) is 0 Å². The van der Waals surface area contributed by atoms with Gasteiger partial charge < -0.3 is 14.6 Å². The van der Waals surface area contributed by atoms with Gasteiger partial charge in [-0.05, 0) is 36.4 Å². The first-order valence-electron chi connectivity index (χ1n) is 6.33. The molecule has 0 aliphatic rings. The van der Waals surface area contributed by atoms with Crippen molar-refractivity contribution in [1.29, 1.82) is 0 Å². The van der Waals surface area contributed by atoms with E-state index in [0.29, 0.717) is 17.1 Å². The molecule has 0 unspecified atom stereocenters. The fourth-order valence-corrected chi connectivity index (χ4v) is 2.06. The summed E-state index contributed by atoms with van der Waals surface area (Å²) >= 11 is 5.89. The highest BCUT2D eigenvalue weighted by atomic mass is 35.5. The van der Waals surface area contributed by atoms with Crippen molar-refractivity contribution in [2.75, 3.05) is 14.2 Å². The third kappa shape index (κ3) is 3.89. The van der Waals surface area contributed by atoms with Crippen LogP contribution >= 0.6 is 11.6 Å². The van der Waals surface area contributed by atoms with Crippen molar-refractivity contribution in [3.8, 4) is 17.2 Å². The highest BCUT2D eigenvalue weighted by Gasteiger charge is 2.04. The number of phenols is 1. The fraction of sp³-hybridized carbons (Fsp3) is 0.188. The van der Waals surface area contributed by atoms with Crippen LogP contribution < -0.4 is 9.47 Å². The quantitative estimate of drug-likeness (QED) is 0.857. The van der Waals surface area contributed by atoms with Gasteiger partial charge in [0, 0.05) is 22.4 Å². The second kappa shape index (κ2) is 6.99. The van der Waals surface area contributed by atoms with Gasteiger partial charge in [-0.1, -0.05) is 11.6 Å². The molecule has 0 aliphatic heterocycles. The van der Waals surface area contributed by atoms with Gasteiger partial charge in [-0.3, -0.25) is 4.99 Å². The average molecular weight is 306 g/mol. The van der Waals surface area contributed by atoms with Crippen molar-refractivity contribution in [2.24, 2.45) is 4.99 Å². The molecule has 5 heteroatoms. The third-order valence-corrected chi connectivity index (χ3v) is 3.20. The van der Waals surface area contributed by atoms with E-state index in [1.807, 2.05) is 18.2 Å². The van der Waals surface area contributed by atoms with Crippen molar-refractivity contribution in [2.45, 2.75) is 6.54 Å². The van der Waals surface area contributed by atoms with E-state index in [9.17, 15) is 5.11 Å². The third-order valence-electron chi connectivity index (χ3n) is 2.97. The summed E-state index contributed by atoms with van der Waals surface area (Å²) in [5.41, 5.74) is 1.47. The predicted octanol–water partition coefficient (Wildman–Crippen LogP) is 3.68. The van der Waals surface area contributed by atoms with Crippen LogP contribution in [0.25, 0.3) is 0 Å². The lowest BCUT2D eigenvalue weighted by Crippen LogP contribution is -1.93. The van der Waals surface area contributed by atoms with Crippen molar-refractivity contribution >= 4 is 17.8 Å². The molecule has 0 atom stereocenters. The number of aromatic hydroxyl groups is 1. The number of phenolic OH excluding ortho intramolecular Hbond substituents is 1. The van der Waals surface area contributed by atoms with E-state index < -0.39 is 0 Å². The number of benzene rings is 2. The van der Waals surface area contributed by atoms with E-state index >= 15 is 0 Å². The maximum atomic E-state index is 9.72. The lowest BCUT2D eigenvalue weighted by Gasteiger charge is -2.08. The molecule has 1 N–H and O–H groups in total. The topological polar surface area (TPSA) is 51.0 Å². The van der Waals surface area contributed by atoms with Crippen LogP contribution in [0.1, 0.15) is 11.1 Å². The SMILES string of the molecule is COc1ccc(OC)c(CN=Cc2cc(Cl)ccc2O)c1. The molecule has 0 saturated heterocycles. The molecule has 4 nitrogen and oxygen atoms in total. The van der Waals surface area contributed by atoms with Gasteiger partial charge in [0.05, 0.1) is 20.8 Å². The second-order valence-corrected chi connectivity index (χ2v) is 4.79. The Morgan fingerprint density at radius 3 is 2.67 bits per heavy atom. The van der Waals surface area contributed by atoms with Crippen molar-refractivity contribution in [1.82, 2.24) is 0 Å². The van der Waals surface area contributed by atoms with Crippen molar-refractivity contribution < 1.29 is 14.6 Å². The van der Waals surface area contributed by atoms with Crippen LogP contribution in [0, 0.1) is 0 Å². The first-order chi connectivity index (χ1) is 10.1. The molecule has 0 heterocycles. The van der Waals surface area contributed by atoms with Crippen LogP contribution in [-0.4, -0.2) is 25.5 Å². The Morgan fingerprint density at radius 2 is 1.95 bits per heavy atom. The Morgan fingerprint density at radius 1 is 1.14 bits per heavy atom. The van der Waals surface area contributed by atoms with Crippen LogP contribution in [0.5, 0.6) is 17.2 Å². The molecule has 0 bridgehead atoms. The van der Waals surface area contributed by atoms with Crippen molar-refractivity contribution in [3.05, 3.63) is 52.5 Å². The minimum atomic E-state index is 0.140. The second-order valence-electron chi connectivity index (χ2n) is 4.35. The summed E-state index contributed by atoms with van der Waals surface area (Å²) in [4.78, 5) is 4.32. The summed E-state index contributed by atoms with van der Waals surface area (Å²) in [5, 5.41) is 10.3. The summed E-state index contributed by atoms with van der Waals surface area (Å²) in [6.07, 6.45) is 1.58. The van der Waals surface area contributed by atoms with E-state index in [2.05, 4.69) is 4.99 Å². The standard InChI is InChI=1S/C16H16ClNO3/c1-20-14-4-6-16(21-2)12(8-14)10-18-9-11-7-13(17)3-5-15(11)19/h3-9,19H,10H2,1-2H3. The van der Waals surface area contributed by atoms with Gasteiger partial charge in [-0.2, -0.15) is 0 Å². The van der Waals surface area contributed by atoms with Crippen LogP contribution in [0.15, 0.2) is 41.4 Å². The van der Waals surface area contributed by atoms with Crippen LogP contribution in [0.3, 0.4) is 0 Å². The molecule has 0 radical (unpaired) electrons. The lowest BCUT2D eigenvalue weighted by atomic mass is 10.2. The van der Waals surface area contributed by atoms with Crippen LogP contribution in [-0.2, 0) is 6.54 Å². The molecule has 0 fully saturated rings. The number of hydrogen-bond acceptors (Lipinski definition) is 4. The molecular weight excluding hydrogens is 290 g/mol. The first-order valence-corrected chi connectivity index (χ1v) is 6.71. The minimum Gasteiger partial charge on any atom is -0.507 e. The summed E-state index contributed by atoms with van der Waals surface area (Å²) in [6, 6.07) is 10.3. The zero-order chi connectivity index (χ0) is 15.2. The molecule has 0 saturated carbocycles. The monoisotopic (exact) mass is 305 g/mol. The Kier molecular flexibility index (Phi) is 5.06. The molecule has 0 aromatic heterocycles. The molecule has 110 valence electrons. The zero-order valence-electron chi connectivity index (χ0n) is 11.8. The lowest BCUT2D eigenvalue weighted by molar-refractivity contribution is 0.399. The Balaban J connectivity index is 2.18. The Bertz CT molecular complexity index is 656. The summed E-state index contributed by atoms with van der Waals surface area (Å²) in [7, 11) is 3.22. The molecule has 0 amide bonds. The molecule has 2 aromatic rings. The van der Waals surface area contributed by atoms with Crippen LogP contribution in [0.4, 0.5) is 0 Å². The Hall–Kier alpha value is -2.20. The van der Waals surface area contributed by atoms with Gasteiger partial charge in [-0.25, -0.2) is 0 Å². The van der Waals surface area contributed by atoms with E-state index in [-0.39, 0.29) is 5.75 Å². The molecule has 0 spiro atoms. The van der Waals surface area contributed by atoms with Gasteiger partial charge >= 0.3 is 0 Å². The summed E-state index contributed by atoms with van der Waals surface area (Å²) in [5.74, 6) is 1.62. The van der Waals surface area contributed by atoms with Crippen molar-refractivity contribution in [3.63, 3.8) is 0 Å². The number of aliphatic imine (C=N–C) groups is 1. The molecule has 2 aromatic carbocycles. The molecular formula is C16H16ClNO3. The van der Waals surface area contributed by atoms with Crippen LogP contribution in [0.2, 0.25) is 5.02 Å². The summed E-state index contributed by atoms with van der Waals surface area (Å²) < 4.78 is 10.5. The average Bonchev–Trinajstić information content (AvgIpc) is 2.50. The smallest absolute Gasteiger partial charge is 0.124 e. The maximum absolute atomic E-state index is 9.72. The molecule has 0 aliphatic carbocycles. The fourth-order valence-electron chi connectivity index (χ4n) is 1.88. The normalized spacial score (nSPS) is 10.8. The number of rotatable bonds is 5. The number of ether oxygens (including phenoxy) is 2. The van der Waals surface area contributed by atoms with Gasteiger partial charge in [0.1, 0.15) is 17.2 Å².